The molecule has 1 N–H and O–H groups in total. The Morgan fingerprint density at radius 3 is 1.89 bits per heavy atom. The number of esters is 1. The van der Waals surface area contributed by atoms with Gasteiger partial charge in [-0.15, -0.1) is 0 Å². The van der Waals surface area contributed by atoms with Crippen LogP contribution in [0.3, 0.4) is 0 Å². The summed E-state index contributed by atoms with van der Waals surface area (Å²) in [5.74, 6) is -0.439. The molecule has 0 saturated heterocycles. The van der Waals surface area contributed by atoms with Crippen LogP contribution in [0.5, 0.6) is 0 Å². The van der Waals surface area contributed by atoms with E-state index in [0.717, 1.165) is 0 Å². The maximum Gasteiger partial charge on any atom is 0.333 e. The average Bonchev–Trinajstić information content (AvgIpc) is 2.31. The zero-order valence-corrected chi connectivity index (χ0v) is 10.8. The van der Waals surface area contributed by atoms with Crippen molar-refractivity contribution < 1.29 is 24.0 Å². The number of hydrogen-bond acceptors (Lipinski definition) is 6. The molecule has 0 aromatic heterocycles. The van der Waals surface area contributed by atoms with Crippen LogP contribution in [0, 0.1) is 5.41 Å². The summed E-state index contributed by atoms with van der Waals surface area (Å²) in [4.78, 5) is 20.4. The summed E-state index contributed by atoms with van der Waals surface area (Å²) in [6, 6.07) is 0. The van der Waals surface area contributed by atoms with Crippen molar-refractivity contribution in [1.82, 2.24) is 0 Å². The Morgan fingerprint density at radius 2 is 1.44 bits per heavy atom. The third-order valence-electron chi connectivity index (χ3n) is 1.63. The maximum atomic E-state index is 10.9. The first-order valence-electron chi connectivity index (χ1n) is 5.39. The first kappa shape index (κ1) is 16.3. The molecule has 0 aliphatic carbocycles. The fourth-order valence-corrected chi connectivity index (χ4v) is 0.710. The molecule has 0 aromatic rings. The molecule has 0 aliphatic rings. The van der Waals surface area contributed by atoms with Crippen molar-refractivity contribution in [2.24, 2.45) is 0 Å². The van der Waals surface area contributed by atoms with Crippen LogP contribution in [-0.4, -0.2) is 38.3 Å². The van der Waals surface area contributed by atoms with Gasteiger partial charge in [-0.2, -0.15) is 0 Å². The van der Waals surface area contributed by atoms with Crippen molar-refractivity contribution in [2.75, 3.05) is 26.4 Å². The third kappa shape index (κ3) is 8.49. The molecular weight excluding hydrogens is 238 g/mol. The lowest BCUT2D eigenvalue weighted by Gasteiger charge is -2.07. The molecule has 102 valence electrons. The van der Waals surface area contributed by atoms with Gasteiger partial charge in [0.2, 0.25) is 5.90 Å². The van der Waals surface area contributed by atoms with Crippen LogP contribution in [0.4, 0.5) is 0 Å². The van der Waals surface area contributed by atoms with Gasteiger partial charge in [-0.05, 0) is 13.8 Å². The molecule has 0 aliphatic heterocycles. The topological polar surface area (TPSA) is 77.8 Å². The summed E-state index contributed by atoms with van der Waals surface area (Å²) in [6.07, 6.45) is 0. The molecule has 0 rings (SSSR count). The standard InChI is InChI=1S/C12H19NO5/c1-9(2)11(13)15-5-7-17-18-8-6-16-12(14)10(3)4/h13H,1,3,5-8H2,2,4H3. The second-order valence-electron chi connectivity index (χ2n) is 3.52. The number of ether oxygens (including phenoxy) is 2. The van der Waals surface area contributed by atoms with Crippen LogP contribution < -0.4 is 0 Å². The molecule has 0 heterocycles. The summed E-state index contributed by atoms with van der Waals surface area (Å²) in [5, 5.41) is 7.29. The van der Waals surface area contributed by atoms with Crippen molar-refractivity contribution in [2.45, 2.75) is 13.8 Å². The van der Waals surface area contributed by atoms with Gasteiger partial charge in [-0.25, -0.2) is 14.6 Å². The lowest BCUT2D eigenvalue weighted by Crippen LogP contribution is -2.14. The average molecular weight is 257 g/mol. The molecule has 0 radical (unpaired) electrons. The Morgan fingerprint density at radius 1 is 0.944 bits per heavy atom. The van der Waals surface area contributed by atoms with Gasteiger partial charge < -0.3 is 9.47 Å². The number of hydrogen-bond donors (Lipinski definition) is 1. The van der Waals surface area contributed by atoms with E-state index in [4.69, 9.17) is 24.7 Å². The molecule has 0 amide bonds. The van der Waals surface area contributed by atoms with Crippen molar-refractivity contribution in [1.29, 1.82) is 5.41 Å². The van der Waals surface area contributed by atoms with Crippen LogP contribution >= 0.6 is 0 Å². The molecule has 6 nitrogen and oxygen atoms in total. The van der Waals surface area contributed by atoms with E-state index < -0.39 is 5.97 Å². The predicted molar refractivity (Wildman–Crippen MR) is 66.2 cm³/mol. The smallest absolute Gasteiger partial charge is 0.333 e. The minimum atomic E-state index is -0.461. The Balaban J connectivity index is 3.32. The highest BCUT2D eigenvalue weighted by Crippen LogP contribution is 1.93. The van der Waals surface area contributed by atoms with E-state index in [1.807, 2.05) is 0 Å². The van der Waals surface area contributed by atoms with Gasteiger partial charge >= 0.3 is 5.97 Å². The van der Waals surface area contributed by atoms with E-state index in [1.165, 1.54) is 0 Å². The van der Waals surface area contributed by atoms with Gasteiger partial charge in [-0.3, -0.25) is 5.41 Å². The lowest BCUT2D eigenvalue weighted by atomic mass is 10.3. The first-order valence-corrected chi connectivity index (χ1v) is 5.39. The van der Waals surface area contributed by atoms with E-state index in [1.54, 1.807) is 13.8 Å². The second-order valence-corrected chi connectivity index (χ2v) is 3.52. The molecule has 0 saturated carbocycles. The van der Waals surface area contributed by atoms with Crippen molar-refractivity contribution in [3.05, 3.63) is 24.3 Å². The molecule has 0 unspecified atom stereocenters. The van der Waals surface area contributed by atoms with Gasteiger partial charge in [0, 0.05) is 11.1 Å². The second kappa shape index (κ2) is 9.38. The Labute approximate surface area is 107 Å². The monoisotopic (exact) mass is 257 g/mol. The van der Waals surface area contributed by atoms with Gasteiger partial charge in [0.05, 0.1) is 0 Å². The SMILES string of the molecule is C=C(C)C(=N)OCCOOCCOC(=O)C(=C)C. The largest absolute Gasteiger partial charge is 0.475 e. The summed E-state index contributed by atoms with van der Waals surface area (Å²) >= 11 is 0. The zero-order valence-electron chi connectivity index (χ0n) is 10.8. The lowest BCUT2D eigenvalue weighted by molar-refractivity contribution is -0.300. The molecular formula is C12H19NO5. The highest BCUT2D eigenvalue weighted by atomic mass is 17.2. The summed E-state index contributed by atoms with van der Waals surface area (Å²) < 4.78 is 9.72. The molecule has 6 heteroatoms. The first-order chi connectivity index (χ1) is 8.45. The van der Waals surface area contributed by atoms with Crippen molar-refractivity contribution in [3.63, 3.8) is 0 Å². The number of nitrogens with one attached hydrogen (secondary N) is 1. The fraction of sp³-hybridized carbons (Fsp3) is 0.500. The predicted octanol–water partition coefficient (Wildman–Crippen LogP) is 1.62. The van der Waals surface area contributed by atoms with Crippen LogP contribution in [0.25, 0.3) is 0 Å². The van der Waals surface area contributed by atoms with Gasteiger partial charge in [0.1, 0.15) is 26.4 Å². The number of carbonyl (C=O) groups excluding carboxylic acids is 1. The van der Waals surface area contributed by atoms with Gasteiger partial charge in [-0.1, -0.05) is 13.2 Å². The maximum absolute atomic E-state index is 10.9. The summed E-state index contributed by atoms with van der Waals surface area (Å²) in [5.41, 5.74) is 0.880. The quantitative estimate of drug-likeness (QED) is 0.129. The minimum Gasteiger partial charge on any atom is -0.475 e. The van der Waals surface area contributed by atoms with E-state index in [2.05, 4.69) is 13.2 Å². The Bertz CT molecular complexity index is 292. The number of rotatable bonds is 9. The third-order valence-corrected chi connectivity index (χ3v) is 1.63. The van der Waals surface area contributed by atoms with E-state index in [9.17, 15) is 4.79 Å². The molecule has 0 spiro atoms. The van der Waals surface area contributed by atoms with E-state index >= 15 is 0 Å². The summed E-state index contributed by atoms with van der Waals surface area (Å²) in [7, 11) is 0. The fourth-order valence-electron chi connectivity index (χ4n) is 0.710. The zero-order chi connectivity index (χ0) is 14.0. The van der Waals surface area contributed by atoms with Gasteiger partial charge in [0.15, 0.2) is 0 Å². The molecule has 0 atom stereocenters. The van der Waals surface area contributed by atoms with Crippen molar-refractivity contribution in [3.8, 4) is 0 Å². The molecule has 0 bridgehead atoms. The molecule has 0 aromatic carbocycles. The van der Waals surface area contributed by atoms with Crippen molar-refractivity contribution >= 4 is 11.9 Å². The van der Waals surface area contributed by atoms with Crippen LogP contribution in [0.2, 0.25) is 0 Å². The highest BCUT2D eigenvalue weighted by Gasteiger charge is 2.02. The van der Waals surface area contributed by atoms with E-state index in [-0.39, 0.29) is 32.3 Å². The highest BCUT2D eigenvalue weighted by molar-refractivity contribution is 5.89. The van der Waals surface area contributed by atoms with Crippen LogP contribution in [0.15, 0.2) is 24.3 Å². The van der Waals surface area contributed by atoms with E-state index in [0.29, 0.717) is 11.1 Å². The molecule has 18 heavy (non-hydrogen) atoms. The van der Waals surface area contributed by atoms with Crippen LogP contribution in [0.1, 0.15) is 13.8 Å². The number of carbonyl (C=O) groups is 1. The molecule has 0 fully saturated rings. The Hall–Kier alpha value is -1.66. The van der Waals surface area contributed by atoms with Gasteiger partial charge in [0.25, 0.3) is 0 Å². The van der Waals surface area contributed by atoms with Crippen LogP contribution in [-0.2, 0) is 24.0 Å². The minimum absolute atomic E-state index is 0.0222. The summed E-state index contributed by atoms with van der Waals surface area (Å²) in [6.45, 7) is 10.8. The Kier molecular flexibility index (Phi) is 8.51. The normalized spacial score (nSPS) is 9.67.